The molecule has 0 spiro atoms. The van der Waals surface area contributed by atoms with E-state index in [4.69, 9.17) is 10.5 Å². The normalized spacial score (nSPS) is 15.6. The van der Waals surface area contributed by atoms with E-state index in [2.05, 4.69) is 10.6 Å². The largest absolute Gasteiger partial charge is 0.381 e. The lowest BCUT2D eigenvalue weighted by atomic mass is 9.90. The number of rotatable bonds is 6. The van der Waals surface area contributed by atoms with Crippen molar-refractivity contribution in [2.45, 2.75) is 38.4 Å². The Balaban J connectivity index is 1.54. The number of benzene rings is 2. The summed E-state index contributed by atoms with van der Waals surface area (Å²) in [6.07, 6.45) is 1.03. The Morgan fingerprint density at radius 2 is 1.68 bits per heavy atom. The zero-order valence-corrected chi connectivity index (χ0v) is 16.2. The van der Waals surface area contributed by atoms with Crippen LogP contribution in [0.3, 0.4) is 0 Å². The predicted molar refractivity (Wildman–Crippen MR) is 108 cm³/mol. The van der Waals surface area contributed by atoms with Crippen LogP contribution in [-0.2, 0) is 22.6 Å². The quantitative estimate of drug-likeness (QED) is 0.714. The Labute approximate surface area is 165 Å². The summed E-state index contributed by atoms with van der Waals surface area (Å²) in [7, 11) is 0. The van der Waals surface area contributed by atoms with Gasteiger partial charge in [-0.2, -0.15) is 0 Å². The van der Waals surface area contributed by atoms with Gasteiger partial charge in [0.15, 0.2) is 0 Å². The number of nitrogens with one attached hydrogen (secondary N) is 2. The number of ether oxygens (including phenoxy) is 1. The van der Waals surface area contributed by atoms with E-state index in [1.807, 2.05) is 43.3 Å². The highest BCUT2D eigenvalue weighted by molar-refractivity contribution is 5.94. The summed E-state index contributed by atoms with van der Waals surface area (Å²) in [6.45, 7) is 3.83. The molecule has 0 aliphatic carbocycles. The van der Waals surface area contributed by atoms with Crippen molar-refractivity contribution in [3.63, 3.8) is 0 Å². The van der Waals surface area contributed by atoms with Gasteiger partial charge in [-0.3, -0.25) is 9.59 Å². The average Bonchev–Trinajstić information content (AvgIpc) is 2.72. The number of hydrogen-bond donors (Lipinski definition) is 3. The van der Waals surface area contributed by atoms with Crippen molar-refractivity contribution in [3.8, 4) is 0 Å². The van der Waals surface area contributed by atoms with Crippen LogP contribution in [0.15, 0.2) is 48.5 Å². The topological polar surface area (TPSA) is 93.5 Å². The van der Waals surface area contributed by atoms with Gasteiger partial charge in [-0.1, -0.05) is 42.0 Å². The van der Waals surface area contributed by atoms with E-state index >= 15 is 0 Å². The molecule has 1 saturated heterocycles. The minimum absolute atomic E-state index is 0.145. The lowest BCUT2D eigenvalue weighted by Gasteiger charge is -2.31. The second kappa shape index (κ2) is 8.99. The molecule has 1 aliphatic rings. The molecule has 148 valence electrons. The van der Waals surface area contributed by atoms with Crippen LogP contribution in [0.5, 0.6) is 0 Å². The maximum atomic E-state index is 12.4. The summed E-state index contributed by atoms with van der Waals surface area (Å²) >= 11 is 0. The van der Waals surface area contributed by atoms with Crippen molar-refractivity contribution in [2.24, 2.45) is 5.73 Å². The summed E-state index contributed by atoms with van der Waals surface area (Å²) in [5.74, 6) is -0.321. The smallest absolute Gasteiger partial charge is 0.251 e. The van der Waals surface area contributed by atoms with Crippen LogP contribution in [0, 0.1) is 6.92 Å². The van der Waals surface area contributed by atoms with Gasteiger partial charge in [0.1, 0.15) is 0 Å². The van der Waals surface area contributed by atoms with E-state index in [9.17, 15) is 9.59 Å². The van der Waals surface area contributed by atoms with Crippen LogP contribution >= 0.6 is 0 Å². The molecule has 1 heterocycles. The molecule has 0 atom stereocenters. The van der Waals surface area contributed by atoms with E-state index in [1.54, 1.807) is 12.1 Å². The van der Waals surface area contributed by atoms with Crippen molar-refractivity contribution in [2.75, 3.05) is 13.2 Å². The fourth-order valence-corrected chi connectivity index (χ4v) is 3.13. The van der Waals surface area contributed by atoms with Gasteiger partial charge in [0.2, 0.25) is 5.91 Å². The number of nitrogens with two attached hydrogens (primary N) is 1. The molecule has 0 aromatic heterocycles. The van der Waals surface area contributed by atoms with Crippen LogP contribution < -0.4 is 16.4 Å². The van der Waals surface area contributed by atoms with Crippen LogP contribution in [0.4, 0.5) is 0 Å². The minimum Gasteiger partial charge on any atom is -0.381 e. The molecular weight excluding hydrogens is 354 g/mol. The zero-order chi connectivity index (χ0) is 20.0. The molecule has 0 bridgehead atoms. The first-order valence-corrected chi connectivity index (χ1v) is 9.54. The summed E-state index contributed by atoms with van der Waals surface area (Å²) in [5, 5.41) is 5.81. The van der Waals surface area contributed by atoms with Gasteiger partial charge < -0.3 is 21.1 Å². The number of aryl methyl sites for hydroxylation is 1. The van der Waals surface area contributed by atoms with E-state index in [0.29, 0.717) is 44.7 Å². The zero-order valence-electron chi connectivity index (χ0n) is 16.2. The van der Waals surface area contributed by atoms with Crippen molar-refractivity contribution in [1.29, 1.82) is 0 Å². The Morgan fingerprint density at radius 1 is 1.00 bits per heavy atom. The molecule has 4 N–H and O–H groups in total. The molecule has 6 nitrogen and oxygen atoms in total. The van der Waals surface area contributed by atoms with Crippen molar-refractivity contribution >= 4 is 11.8 Å². The van der Waals surface area contributed by atoms with Gasteiger partial charge in [-0.05, 0) is 43.0 Å². The maximum Gasteiger partial charge on any atom is 0.251 e. The summed E-state index contributed by atoms with van der Waals surface area (Å²) in [5.41, 5.74) is 8.97. The molecule has 2 aromatic rings. The van der Waals surface area contributed by atoms with Crippen LogP contribution in [-0.4, -0.2) is 30.6 Å². The molecule has 0 saturated carbocycles. The van der Waals surface area contributed by atoms with Crippen LogP contribution in [0.25, 0.3) is 0 Å². The van der Waals surface area contributed by atoms with Crippen LogP contribution in [0.1, 0.15) is 39.9 Å². The van der Waals surface area contributed by atoms with Gasteiger partial charge in [0.05, 0.1) is 5.54 Å². The second-order valence-electron chi connectivity index (χ2n) is 7.32. The summed E-state index contributed by atoms with van der Waals surface area (Å²) < 4.78 is 5.28. The van der Waals surface area contributed by atoms with Gasteiger partial charge in [-0.15, -0.1) is 0 Å². The van der Waals surface area contributed by atoms with Gasteiger partial charge >= 0.3 is 0 Å². The van der Waals surface area contributed by atoms with Crippen molar-refractivity contribution in [3.05, 3.63) is 70.8 Å². The van der Waals surface area contributed by atoms with E-state index in [0.717, 1.165) is 11.1 Å². The minimum atomic E-state index is -0.874. The highest BCUT2D eigenvalue weighted by atomic mass is 16.5. The van der Waals surface area contributed by atoms with Crippen molar-refractivity contribution < 1.29 is 14.3 Å². The Bertz CT molecular complexity index is 827. The lowest BCUT2D eigenvalue weighted by Crippen LogP contribution is -2.56. The molecule has 2 aromatic carbocycles. The molecule has 1 fully saturated rings. The molecule has 28 heavy (non-hydrogen) atoms. The number of amides is 2. The molecule has 1 aliphatic heterocycles. The molecule has 6 heteroatoms. The predicted octanol–water partition coefficient (Wildman–Crippen LogP) is 2.05. The van der Waals surface area contributed by atoms with E-state index in [1.165, 1.54) is 5.56 Å². The molecule has 0 radical (unpaired) electrons. The summed E-state index contributed by atoms with van der Waals surface area (Å²) in [6, 6.07) is 15.3. The SMILES string of the molecule is Cc1ccc(CNC(=O)c2cccc(CNC(=O)C3(N)CCOCC3)c2)cc1. The molecular formula is C22H27N3O3. The standard InChI is InChI=1S/C22H27N3O3/c1-16-5-7-17(8-6-16)14-24-20(26)19-4-2-3-18(13-19)15-25-21(27)22(23)9-11-28-12-10-22/h2-8,13H,9-12,14-15,23H2,1H3,(H,24,26)(H,25,27). The average molecular weight is 381 g/mol. The highest BCUT2D eigenvalue weighted by Crippen LogP contribution is 2.18. The first-order chi connectivity index (χ1) is 13.5. The fraction of sp³-hybridized carbons (Fsp3) is 0.364. The molecule has 2 amide bonds. The van der Waals surface area contributed by atoms with Crippen LogP contribution in [0.2, 0.25) is 0 Å². The van der Waals surface area contributed by atoms with Gasteiger partial charge in [-0.25, -0.2) is 0 Å². The van der Waals surface area contributed by atoms with Crippen molar-refractivity contribution in [1.82, 2.24) is 10.6 Å². The first kappa shape index (κ1) is 20.0. The second-order valence-corrected chi connectivity index (χ2v) is 7.32. The third-order valence-electron chi connectivity index (χ3n) is 5.05. The maximum absolute atomic E-state index is 12.4. The number of carbonyl (C=O) groups is 2. The van der Waals surface area contributed by atoms with E-state index < -0.39 is 5.54 Å². The summed E-state index contributed by atoms with van der Waals surface area (Å²) in [4.78, 5) is 24.9. The monoisotopic (exact) mass is 381 g/mol. The lowest BCUT2D eigenvalue weighted by molar-refractivity contribution is -0.129. The third-order valence-corrected chi connectivity index (χ3v) is 5.05. The first-order valence-electron chi connectivity index (χ1n) is 9.54. The number of hydrogen-bond acceptors (Lipinski definition) is 4. The van der Waals surface area contributed by atoms with Gasteiger partial charge in [0, 0.05) is 31.9 Å². The fourth-order valence-electron chi connectivity index (χ4n) is 3.13. The Hall–Kier alpha value is -2.70. The third kappa shape index (κ3) is 5.18. The Morgan fingerprint density at radius 3 is 2.39 bits per heavy atom. The highest BCUT2D eigenvalue weighted by Gasteiger charge is 2.35. The van der Waals surface area contributed by atoms with Gasteiger partial charge in [0.25, 0.3) is 5.91 Å². The Kier molecular flexibility index (Phi) is 6.44. The van der Waals surface area contributed by atoms with E-state index in [-0.39, 0.29) is 11.8 Å². The molecule has 0 unspecified atom stereocenters. The molecule has 3 rings (SSSR count). The number of carbonyl (C=O) groups excluding carboxylic acids is 2.